The number of halogens is 1. The van der Waals surface area contributed by atoms with Gasteiger partial charge >= 0.3 is 0 Å². The average molecular weight is 303 g/mol. The molecule has 0 saturated carbocycles. The molecule has 114 valence electrons. The van der Waals surface area contributed by atoms with Crippen LogP contribution in [0.3, 0.4) is 0 Å². The van der Waals surface area contributed by atoms with Crippen LogP contribution >= 0.6 is 12.4 Å². The minimum Gasteiger partial charge on any atom is -0.383 e. The van der Waals surface area contributed by atoms with Gasteiger partial charge in [-0.15, -0.1) is 12.4 Å². The molecule has 1 rings (SSSR count). The normalized spacial score (nSPS) is 9.90. The molecule has 1 amide bonds. The van der Waals surface area contributed by atoms with Crippen molar-refractivity contribution in [2.75, 3.05) is 33.9 Å². The maximum atomic E-state index is 11.6. The molecular weight excluding hydrogens is 280 g/mol. The number of carbonyl (C=O) groups is 1. The molecule has 2 N–H and O–H groups in total. The number of rotatable bonds is 9. The first-order valence-electron chi connectivity index (χ1n) is 6.29. The lowest BCUT2D eigenvalue weighted by Gasteiger charge is -2.08. The van der Waals surface area contributed by atoms with Crippen LogP contribution in [0.15, 0.2) is 24.3 Å². The van der Waals surface area contributed by atoms with E-state index in [-0.39, 0.29) is 18.3 Å². The molecule has 0 aromatic heterocycles. The molecule has 5 nitrogen and oxygen atoms in total. The van der Waals surface area contributed by atoms with Gasteiger partial charge in [0.1, 0.15) is 0 Å². The quantitative estimate of drug-likeness (QED) is 0.671. The summed E-state index contributed by atoms with van der Waals surface area (Å²) >= 11 is 0. The van der Waals surface area contributed by atoms with Crippen molar-refractivity contribution in [3.05, 3.63) is 35.4 Å². The number of amides is 1. The monoisotopic (exact) mass is 302 g/mol. The fourth-order valence-electron chi connectivity index (χ4n) is 1.64. The van der Waals surface area contributed by atoms with Crippen molar-refractivity contribution in [1.29, 1.82) is 0 Å². The molecule has 6 heteroatoms. The van der Waals surface area contributed by atoms with Gasteiger partial charge in [-0.25, -0.2) is 0 Å². The first-order valence-corrected chi connectivity index (χ1v) is 6.29. The molecule has 0 aliphatic carbocycles. The standard InChI is InChI=1S/C14H22N2O3.ClH/c1-18-7-6-15-10-14(17)16-9-12-4-3-5-13(8-12)11-19-2;/h3-5,8,15H,6-7,9-11H2,1-2H3,(H,16,17);1H. The topological polar surface area (TPSA) is 59.6 Å². The van der Waals surface area contributed by atoms with E-state index in [0.717, 1.165) is 11.1 Å². The van der Waals surface area contributed by atoms with Crippen molar-refractivity contribution in [3.63, 3.8) is 0 Å². The molecule has 0 radical (unpaired) electrons. The van der Waals surface area contributed by atoms with Gasteiger partial charge in [0.2, 0.25) is 5.91 Å². The van der Waals surface area contributed by atoms with Crippen molar-refractivity contribution < 1.29 is 14.3 Å². The first kappa shape index (κ1) is 18.9. The second-order valence-corrected chi connectivity index (χ2v) is 4.20. The molecule has 0 heterocycles. The van der Waals surface area contributed by atoms with E-state index >= 15 is 0 Å². The summed E-state index contributed by atoms with van der Waals surface area (Å²) in [4.78, 5) is 11.6. The zero-order valence-corrected chi connectivity index (χ0v) is 12.8. The van der Waals surface area contributed by atoms with E-state index in [1.165, 1.54) is 0 Å². The third kappa shape index (κ3) is 8.12. The smallest absolute Gasteiger partial charge is 0.234 e. The van der Waals surface area contributed by atoms with E-state index in [1.54, 1.807) is 14.2 Å². The van der Waals surface area contributed by atoms with E-state index < -0.39 is 0 Å². The maximum Gasteiger partial charge on any atom is 0.234 e. The van der Waals surface area contributed by atoms with Crippen LogP contribution in [0.5, 0.6) is 0 Å². The number of nitrogens with one attached hydrogen (secondary N) is 2. The zero-order chi connectivity index (χ0) is 13.9. The molecule has 0 bridgehead atoms. The Labute approximate surface area is 126 Å². The lowest BCUT2D eigenvalue weighted by Crippen LogP contribution is -2.34. The molecule has 0 saturated heterocycles. The van der Waals surface area contributed by atoms with Crippen molar-refractivity contribution in [2.24, 2.45) is 0 Å². The van der Waals surface area contributed by atoms with Gasteiger partial charge in [0, 0.05) is 27.3 Å². The largest absolute Gasteiger partial charge is 0.383 e. The van der Waals surface area contributed by atoms with Crippen molar-refractivity contribution >= 4 is 18.3 Å². The number of benzene rings is 1. The molecule has 0 spiro atoms. The van der Waals surface area contributed by atoms with Crippen LogP contribution in [0, 0.1) is 0 Å². The lowest BCUT2D eigenvalue weighted by molar-refractivity contribution is -0.120. The Morgan fingerprint density at radius 1 is 1.20 bits per heavy atom. The number of ether oxygens (including phenoxy) is 2. The highest BCUT2D eigenvalue weighted by atomic mass is 35.5. The summed E-state index contributed by atoms with van der Waals surface area (Å²) in [5, 5.41) is 5.86. The average Bonchev–Trinajstić information content (AvgIpc) is 2.42. The summed E-state index contributed by atoms with van der Waals surface area (Å²) in [6.45, 7) is 2.70. The summed E-state index contributed by atoms with van der Waals surface area (Å²) in [5.41, 5.74) is 2.17. The van der Waals surface area contributed by atoms with Crippen LogP contribution in [0.2, 0.25) is 0 Å². The second-order valence-electron chi connectivity index (χ2n) is 4.20. The molecule has 20 heavy (non-hydrogen) atoms. The Kier molecular flexibility index (Phi) is 11.0. The third-order valence-corrected chi connectivity index (χ3v) is 2.56. The fourth-order valence-corrected chi connectivity index (χ4v) is 1.64. The van der Waals surface area contributed by atoms with E-state index in [2.05, 4.69) is 10.6 Å². The molecule has 0 unspecified atom stereocenters. The summed E-state index contributed by atoms with van der Waals surface area (Å²) in [6.07, 6.45) is 0. The Morgan fingerprint density at radius 2 is 1.95 bits per heavy atom. The van der Waals surface area contributed by atoms with Gasteiger partial charge in [0.05, 0.1) is 19.8 Å². The summed E-state index contributed by atoms with van der Waals surface area (Å²) < 4.78 is 9.96. The van der Waals surface area contributed by atoms with Gasteiger partial charge < -0.3 is 20.1 Å². The number of methoxy groups -OCH3 is 2. The van der Waals surface area contributed by atoms with Gasteiger partial charge in [-0.2, -0.15) is 0 Å². The van der Waals surface area contributed by atoms with Crippen LogP contribution < -0.4 is 10.6 Å². The molecular formula is C14H23ClN2O3. The van der Waals surface area contributed by atoms with Gasteiger partial charge in [-0.05, 0) is 11.1 Å². The summed E-state index contributed by atoms with van der Waals surface area (Å²) in [5.74, 6) is -0.0201. The number of carbonyl (C=O) groups excluding carboxylic acids is 1. The zero-order valence-electron chi connectivity index (χ0n) is 12.0. The van der Waals surface area contributed by atoms with Crippen LogP contribution in [0.1, 0.15) is 11.1 Å². The van der Waals surface area contributed by atoms with Gasteiger partial charge in [-0.1, -0.05) is 24.3 Å². The number of hydrogen-bond donors (Lipinski definition) is 2. The second kappa shape index (κ2) is 11.7. The highest BCUT2D eigenvalue weighted by Gasteiger charge is 2.01. The predicted molar refractivity (Wildman–Crippen MR) is 81.0 cm³/mol. The summed E-state index contributed by atoms with van der Waals surface area (Å²) in [6, 6.07) is 7.98. The third-order valence-electron chi connectivity index (χ3n) is 2.56. The highest BCUT2D eigenvalue weighted by molar-refractivity contribution is 5.85. The SMILES string of the molecule is COCCNCC(=O)NCc1cccc(COC)c1.Cl. The summed E-state index contributed by atoms with van der Waals surface area (Å²) in [7, 11) is 3.30. The molecule has 0 aliphatic rings. The van der Waals surface area contributed by atoms with Gasteiger partial charge in [-0.3, -0.25) is 4.79 Å². The van der Waals surface area contributed by atoms with Gasteiger partial charge in [0.25, 0.3) is 0 Å². The minimum absolute atomic E-state index is 0. The van der Waals surface area contributed by atoms with E-state index in [9.17, 15) is 4.79 Å². The van der Waals surface area contributed by atoms with Crippen molar-refractivity contribution in [1.82, 2.24) is 10.6 Å². The van der Waals surface area contributed by atoms with Crippen LogP contribution in [-0.4, -0.2) is 39.8 Å². The minimum atomic E-state index is -0.0201. The van der Waals surface area contributed by atoms with Crippen LogP contribution in [-0.2, 0) is 27.4 Å². The first-order chi connectivity index (χ1) is 9.26. The van der Waals surface area contributed by atoms with E-state index in [0.29, 0.717) is 32.8 Å². The highest BCUT2D eigenvalue weighted by Crippen LogP contribution is 2.05. The molecule has 0 atom stereocenters. The molecule has 1 aromatic rings. The molecule has 1 aromatic carbocycles. The predicted octanol–water partition coefficient (Wildman–Crippen LogP) is 1.11. The Hall–Kier alpha value is -1.14. The lowest BCUT2D eigenvalue weighted by atomic mass is 10.1. The van der Waals surface area contributed by atoms with E-state index in [1.807, 2.05) is 24.3 Å². The van der Waals surface area contributed by atoms with Crippen LogP contribution in [0.25, 0.3) is 0 Å². The van der Waals surface area contributed by atoms with Crippen LogP contribution in [0.4, 0.5) is 0 Å². The Bertz CT molecular complexity index is 388. The van der Waals surface area contributed by atoms with Crippen molar-refractivity contribution in [3.8, 4) is 0 Å². The molecule has 0 aliphatic heterocycles. The van der Waals surface area contributed by atoms with Gasteiger partial charge in [0.15, 0.2) is 0 Å². The Morgan fingerprint density at radius 3 is 2.65 bits per heavy atom. The fraction of sp³-hybridized carbons (Fsp3) is 0.500. The van der Waals surface area contributed by atoms with Crippen molar-refractivity contribution in [2.45, 2.75) is 13.2 Å². The van der Waals surface area contributed by atoms with E-state index in [4.69, 9.17) is 9.47 Å². The Balaban J connectivity index is 0.00000361. The number of hydrogen-bond acceptors (Lipinski definition) is 4. The molecule has 0 fully saturated rings. The maximum absolute atomic E-state index is 11.6.